The van der Waals surface area contributed by atoms with Crippen LogP contribution in [0.5, 0.6) is 0 Å². The molecule has 0 radical (unpaired) electrons. The number of carboxylic acids is 1. The maximum Gasteiger partial charge on any atom is 0.321 e. The molecule has 1 aliphatic rings. The van der Waals surface area contributed by atoms with Gasteiger partial charge in [-0.05, 0) is 18.9 Å². The number of rotatable bonds is 4. The van der Waals surface area contributed by atoms with Gasteiger partial charge in [-0.25, -0.2) is 4.98 Å². The Labute approximate surface area is 115 Å². The van der Waals surface area contributed by atoms with Crippen LogP contribution in [0.1, 0.15) is 26.0 Å². The Balaban J connectivity index is 2.02. The van der Waals surface area contributed by atoms with Gasteiger partial charge in [0.25, 0.3) is 0 Å². The van der Waals surface area contributed by atoms with E-state index >= 15 is 0 Å². The van der Waals surface area contributed by atoms with E-state index in [9.17, 15) is 14.7 Å². The van der Waals surface area contributed by atoms with E-state index in [2.05, 4.69) is 10.3 Å². The maximum atomic E-state index is 11.2. The van der Waals surface area contributed by atoms with Crippen LogP contribution in [0.4, 0.5) is 5.13 Å². The molecule has 1 aliphatic heterocycles. The summed E-state index contributed by atoms with van der Waals surface area (Å²) < 4.78 is 0. The summed E-state index contributed by atoms with van der Waals surface area (Å²) >= 11 is 1.35. The number of carbonyl (C=O) groups excluding carboxylic acids is 1. The van der Waals surface area contributed by atoms with Gasteiger partial charge in [0.15, 0.2) is 5.13 Å². The van der Waals surface area contributed by atoms with Crippen molar-refractivity contribution in [1.29, 1.82) is 0 Å². The number of anilines is 1. The molecule has 2 rings (SSSR count). The lowest BCUT2D eigenvalue weighted by molar-refractivity contribution is -0.143. The molecule has 0 bridgehead atoms. The van der Waals surface area contributed by atoms with Crippen LogP contribution >= 0.6 is 11.3 Å². The lowest BCUT2D eigenvalue weighted by Gasteiger charge is -2.21. The zero-order valence-electron chi connectivity index (χ0n) is 10.9. The van der Waals surface area contributed by atoms with Crippen molar-refractivity contribution < 1.29 is 14.7 Å². The van der Waals surface area contributed by atoms with Crippen molar-refractivity contribution in [2.24, 2.45) is 5.92 Å². The number of nitrogens with zero attached hydrogens (tertiary/aromatic N) is 2. The first-order valence-corrected chi connectivity index (χ1v) is 7.04. The minimum Gasteiger partial charge on any atom is -0.480 e. The maximum absolute atomic E-state index is 11.2. The predicted molar refractivity (Wildman–Crippen MR) is 72.0 cm³/mol. The van der Waals surface area contributed by atoms with Gasteiger partial charge in [0.1, 0.15) is 6.04 Å². The van der Waals surface area contributed by atoms with E-state index in [0.29, 0.717) is 11.7 Å². The Morgan fingerprint density at radius 3 is 3.00 bits per heavy atom. The van der Waals surface area contributed by atoms with Crippen LogP contribution in [-0.2, 0) is 16.1 Å². The highest BCUT2D eigenvalue weighted by molar-refractivity contribution is 7.13. The number of hydrogen-bond donors (Lipinski definition) is 2. The van der Waals surface area contributed by atoms with Gasteiger partial charge < -0.3 is 10.4 Å². The molecule has 0 spiro atoms. The number of nitrogens with one attached hydrogen (secondary N) is 1. The summed E-state index contributed by atoms with van der Waals surface area (Å²) in [6, 6.07) is -0.439. The van der Waals surface area contributed by atoms with E-state index in [1.807, 2.05) is 17.2 Å². The van der Waals surface area contributed by atoms with Gasteiger partial charge in [-0.15, -0.1) is 11.3 Å². The lowest BCUT2D eigenvalue weighted by atomic mass is 10.0. The minimum atomic E-state index is -0.776. The van der Waals surface area contributed by atoms with Crippen LogP contribution in [0, 0.1) is 5.92 Å². The smallest absolute Gasteiger partial charge is 0.321 e. The summed E-state index contributed by atoms with van der Waals surface area (Å²) in [5, 5.41) is 14.3. The van der Waals surface area contributed by atoms with Crippen molar-refractivity contribution in [2.75, 3.05) is 11.9 Å². The molecule has 19 heavy (non-hydrogen) atoms. The van der Waals surface area contributed by atoms with Crippen molar-refractivity contribution in [3.05, 3.63) is 11.1 Å². The van der Waals surface area contributed by atoms with Crippen LogP contribution in [-0.4, -0.2) is 39.5 Å². The zero-order chi connectivity index (χ0) is 14.0. The van der Waals surface area contributed by atoms with Crippen LogP contribution in [0.2, 0.25) is 0 Å². The lowest BCUT2D eigenvalue weighted by Crippen LogP contribution is -2.38. The zero-order valence-corrected chi connectivity index (χ0v) is 11.7. The molecule has 2 unspecified atom stereocenters. The molecule has 1 fully saturated rings. The largest absolute Gasteiger partial charge is 0.480 e. The summed E-state index contributed by atoms with van der Waals surface area (Å²) in [5.74, 6) is -0.771. The fourth-order valence-corrected chi connectivity index (χ4v) is 3.15. The number of aromatic nitrogens is 1. The molecule has 104 valence electrons. The van der Waals surface area contributed by atoms with E-state index in [4.69, 9.17) is 0 Å². The number of thiazole rings is 1. The number of aliphatic carboxylic acids is 1. The average Bonchev–Trinajstić information content (AvgIpc) is 2.86. The number of carboxylic acid groups (broad SMARTS) is 1. The van der Waals surface area contributed by atoms with Crippen LogP contribution in [0.3, 0.4) is 0 Å². The Bertz CT molecular complexity index is 488. The Kier molecular flexibility index (Phi) is 4.16. The monoisotopic (exact) mass is 283 g/mol. The van der Waals surface area contributed by atoms with E-state index in [1.165, 1.54) is 18.3 Å². The molecule has 0 saturated carbocycles. The minimum absolute atomic E-state index is 0.154. The second-order valence-electron chi connectivity index (χ2n) is 4.84. The highest BCUT2D eigenvalue weighted by Gasteiger charge is 2.36. The summed E-state index contributed by atoms with van der Waals surface area (Å²) in [6.07, 6.45) is 0.889. The van der Waals surface area contributed by atoms with Gasteiger partial charge >= 0.3 is 5.97 Å². The predicted octanol–water partition coefficient (Wildman–Crippen LogP) is 1.40. The van der Waals surface area contributed by atoms with Gasteiger partial charge in [-0.2, -0.15) is 0 Å². The quantitative estimate of drug-likeness (QED) is 0.872. The van der Waals surface area contributed by atoms with Gasteiger partial charge in [0, 0.05) is 18.8 Å². The van der Waals surface area contributed by atoms with Crippen molar-refractivity contribution >= 4 is 28.3 Å². The fourth-order valence-electron chi connectivity index (χ4n) is 2.40. The summed E-state index contributed by atoms with van der Waals surface area (Å²) in [6.45, 7) is 4.68. The molecule has 6 nitrogen and oxygen atoms in total. The molecular weight excluding hydrogens is 266 g/mol. The Hall–Kier alpha value is -1.47. The molecular formula is C12H17N3O3S. The summed E-state index contributed by atoms with van der Waals surface area (Å²) in [5.41, 5.74) is 0.800. The molecule has 0 aliphatic carbocycles. The van der Waals surface area contributed by atoms with Gasteiger partial charge in [0.05, 0.1) is 5.69 Å². The molecule has 1 aromatic heterocycles. The first kappa shape index (κ1) is 14.0. The first-order chi connectivity index (χ1) is 8.97. The number of hydrogen-bond acceptors (Lipinski definition) is 5. The highest BCUT2D eigenvalue weighted by atomic mass is 32.1. The molecule has 2 atom stereocenters. The van der Waals surface area contributed by atoms with E-state index in [1.54, 1.807) is 0 Å². The molecule has 2 N–H and O–H groups in total. The van der Waals surface area contributed by atoms with E-state index in [-0.39, 0.29) is 11.8 Å². The van der Waals surface area contributed by atoms with E-state index in [0.717, 1.165) is 18.7 Å². The normalized spacial score (nSPS) is 23.5. The molecule has 7 heteroatoms. The van der Waals surface area contributed by atoms with E-state index < -0.39 is 12.0 Å². The van der Waals surface area contributed by atoms with Crippen LogP contribution in [0.25, 0.3) is 0 Å². The van der Waals surface area contributed by atoms with Crippen molar-refractivity contribution in [3.8, 4) is 0 Å². The standard InChI is InChI=1S/C12H17N3O3S/c1-7-3-4-15(10(7)11(17)18)5-9-6-19-12(14-9)13-8(2)16/h6-7,10H,3-5H2,1-2H3,(H,17,18)(H,13,14,16). The summed E-state index contributed by atoms with van der Waals surface area (Å²) in [7, 11) is 0. The van der Waals surface area contributed by atoms with Gasteiger partial charge in [0.2, 0.25) is 5.91 Å². The van der Waals surface area contributed by atoms with Gasteiger partial charge in [-0.3, -0.25) is 14.5 Å². The third-order valence-electron chi connectivity index (χ3n) is 3.26. The van der Waals surface area contributed by atoms with Crippen molar-refractivity contribution in [1.82, 2.24) is 9.88 Å². The number of amides is 1. The fraction of sp³-hybridized carbons (Fsp3) is 0.583. The SMILES string of the molecule is CC(=O)Nc1nc(CN2CCC(C)C2C(=O)O)cs1. The molecule has 2 heterocycles. The number of carbonyl (C=O) groups is 2. The average molecular weight is 283 g/mol. The third-order valence-corrected chi connectivity index (χ3v) is 4.06. The van der Waals surface area contributed by atoms with Gasteiger partial charge in [-0.1, -0.05) is 6.92 Å². The molecule has 0 aromatic carbocycles. The number of likely N-dealkylation sites (tertiary alicyclic amines) is 1. The van der Waals surface area contributed by atoms with Crippen molar-refractivity contribution in [3.63, 3.8) is 0 Å². The van der Waals surface area contributed by atoms with Crippen molar-refractivity contribution in [2.45, 2.75) is 32.9 Å². The molecule has 1 amide bonds. The van der Waals surface area contributed by atoms with Crippen LogP contribution < -0.4 is 5.32 Å². The van der Waals surface area contributed by atoms with Crippen LogP contribution in [0.15, 0.2) is 5.38 Å². The third kappa shape index (κ3) is 3.30. The Morgan fingerprint density at radius 1 is 1.63 bits per heavy atom. The highest BCUT2D eigenvalue weighted by Crippen LogP contribution is 2.26. The molecule has 1 saturated heterocycles. The topological polar surface area (TPSA) is 82.5 Å². The second kappa shape index (κ2) is 5.66. The first-order valence-electron chi connectivity index (χ1n) is 6.16. The summed E-state index contributed by atoms with van der Waals surface area (Å²) in [4.78, 5) is 28.4. The Morgan fingerprint density at radius 2 is 2.37 bits per heavy atom. The second-order valence-corrected chi connectivity index (χ2v) is 5.70. The molecule has 1 aromatic rings.